The van der Waals surface area contributed by atoms with E-state index in [2.05, 4.69) is 61.2 Å². The summed E-state index contributed by atoms with van der Waals surface area (Å²) < 4.78 is 45.2. The van der Waals surface area contributed by atoms with Gasteiger partial charge in [-0.3, -0.25) is 19.5 Å². The predicted molar refractivity (Wildman–Crippen MR) is 280 cm³/mol. The van der Waals surface area contributed by atoms with Crippen LogP contribution in [-0.2, 0) is 17.6 Å². The average molecular weight is 937 g/mol. The van der Waals surface area contributed by atoms with Crippen LogP contribution in [0.15, 0.2) is 96.5 Å². The maximum atomic E-state index is 15.1. The van der Waals surface area contributed by atoms with Gasteiger partial charge in [-0.05, 0) is 167 Å². The SMILES string of the molecule is C=C(C)C(C)CCC(=O)CCC.C\C=C(/C=C(\C(=C\CCC)N1CCC(CCN2CCN(c3ccc(C(C)=O)c(CC(C)C)c3)CC2)CC1)C(F)(F)F)c1ccc(-c2cnccc2CC)c(C)c1. The quantitative estimate of drug-likeness (QED) is 0.0603. The van der Waals surface area contributed by atoms with E-state index >= 15 is 13.2 Å². The summed E-state index contributed by atoms with van der Waals surface area (Å²) in [5.41, 5.74) is 9.75. The average Bonchev–Trinajstić information content (AvgIpc) is 3.31. The Morgan fingerprint density at radius 1 is 0.882 bits per heavy atom. The van der Waals surface area contributed by atoms with Crippen molar-refractivity contribution in [2.75, 3.05) is 50.7 Å². The summed E-state index contributed by atoms with van der Waals surface area (Å²) >= 11 is 0. The summed E-state index contributed by atoms with van der Waals surface area (Å²) in [5.74, 6) is 1.98. The number of carbonyl (C=O) groups is 2. The third-order valence-electron chi connectivity index (χ3n) is 13.8. The lowest BCUT2D eigenvalue weighted by molar-refractivity contribution is -0.119. The number of ketones is 2. The Kier molecular flexibility index (Phi) is 22.5. The number of hydrogen-bond donors (Lipinski definition) is 0. The molecule has 3 heterocycles. The Morgan fingerprint density at radius 3 is 2.16 bits per heavy atom. The van der Waals surface area contributed by atoms with Crippen LogP contribution < -0.4 is 4.90 Å². The van der Waals surface area contributed by atoms with Gasteiger partial charge >= 0.3 is 6.18 Å². The molecule has 0 N–H and O–H groups in total. The highest BCUT2D eigenvalue weighted by atomic mass is 19.4. The summed E-state index contributed by atoms with van der Waals surface area (Å²) in [6.45, 7) is 30.2. The van der Waals surface area contributed by atoms with Gasteiger partial charge in [-0.15, -0.1) is 0 Å². The number of anilines is 1. The van der Waals surface area contributed by atoms with Crippen molar-refractivity contribution >= 4 is 22.8 Å². The number of rotatable bonds is 21. The van der Waals surface area contributed by atoms with E-state index in [-0.39, 0.29) is 5.78 Å². The van der Waals surface area contributed by atoms with Crippen LogP contribution >= 0.6 is 0 Å². The smallest absolute Gasteiger partial charge is 0.371 e. The number of aryl methyl sites for hydroxylation is 2. The summed E-state index contributed by atoms with van der Waals surface area (Å²) in [4.78, 5) is 34.7. The highest BCUT2D eigenvalue weighted by Crippen LogP contribution is 2.39. The van der Waals surface area contributed by atoms with E-state index in [0.717, 1.165) is 130 Å². The van der Waals surface area contributed by atoms with Crippen molar-refractivity contribution in [1.82, 2.24) is 14.8 Å². The van der Waals surface area contributed by atoms with Crippen molar-refractivity contribution in [3.63, 3.8) is 0 Å². The molecule has 0 aliphatic carbocycles. The summed E-state index contributed by atoms with van der Waals surface area (Å²) in [6.07, 6.45) is 13.5. The molecule has 1 atom stereocenters. The number of unbranched alkanes of at least 4 members (excludes halogenated alkanes) is 1. The molecule has 68 heavy (non-hydrogen) atoms. The second kappa shape index (κ2) is 27.4. The number of hydrogen-bond acceptors (Lipinski definition) is 6. The van der Waals surface area contributed by atoms with E-state index in [1.54, 1.807) is 19.2 Å². The van der Waals surface area contributed by atoms with Crippen LogP contribution in [0.5, 0.6) is 0 Å². The van der Waals surface area contributed by atoms with E-state index < -0.39 is 11.7 Å². The maximum absolute atomic E-state index is 15.1. The van der Waals surface area contributed by atoms with Crippen LogP contribution in [0.1, 0.15) is 153 Å². The van der Waals surface area contributed by atoms with Crippen molar-refractivity contribution in [3.05, 3.63) is 124 Å². The molecule has 2 aromatic carbocycles. The van der Waals surface area contributed by atoms with E-state index in [9.17, 15) is 9.59 Å². The first-order chi connectivity index (χ1) is 32.4. The Morgan fingerprint density at radius 2 is 1.59 bits per heavy atom. The standard InChI is InChI=1S/C48H63F3N4O.C11H20O/c1-8-11-12-47(46(48(49,50)51)32-39(10-3)40-13-15-43(35(6)30-40)45-33-52-21-17-38(45)9-2)55-23-19-37(20-24-55)18-22-53-25-27-54(28-26-53)42-14-16-44(36(7)56)41(31-42)29-34(4)5;1-5-6-11(12)8-7-10(4)9(2)3/h10,12-17,21,30-34,37H,8-9,11,18-20,22-29H2,1-7H3;10H,2,5-8H2,1,3-4H3/b39-10+,46-32+,47-12-;. The summed E-state index contributed by atoms with van der Waals surface area (Å²) in [6, 6.07) is 14.3. The molecule has 0 radical (unpaired) electrons. The molecule has 0 saturated carbocycles. The molecule has 0 amide bonds. The minimum absolute atomic E-state index is 0.121. The fourth-order valence-electron chi connectivity index (χ4n) is 9.41. The second-order valence-electron chi connectivity index (χ2n) is 19.7. The van der Waals surface area contributed by atoms with Crippen LogP contribution in [0.2, 0.25) is 0 Å². The van der Waals surface area contributed by atoms with Crippen molar-refractivity contribution in [2.24, 2.45) is 17.8 Å². The first-order valence-electron chi connectivity index (χ1n) is 25.6. The van der Waals surface area contributed by atoms with Crippen LogP contribution in [-0.4, -0.2) is 78.3 Å². The molecule has 2 saturated heterocycles. The van der Waals surface area contributed by atoms with Gasteiger partial charge in [-0.25, -0.2) is 0 Å². The molecule has 2 aliphatic rings. The molecule has 2 fully saturated rings. The van der Waals surface area contributed by atoms with Gasteiger partial charge in [0.15, 0.2) is 5.78 Å². The molecule has 9 heteroatoms. The molecule has 1 unspecified atom stereocenters. The lowest BCUT2D eigenvalue weighted by Crippen LogP contribution is -2.47. The zero-order valence-electron chi connectivity index (χ0n) is 43.3. The minimum Gasteiger partial charge on any atom is -0.371 e. The fraction of sp³-hybridized carbons (Fsp3) is 0.542. The molecule has 1 aromatic heterocycles. The molecule has 0 spiro atoms. The maximum Gasteiger partial charge on any atom is 0.418 e. The lowest BCUT2D eigenvalue weighted by atomic mass is 9.91. The predicted octanol–water partition coefficient (Wildman–Crippen LogP) is 14.9. The number of carbonyl (C=O) groups excluding carboxylic acids is 2. The van der Waals surface area contributed by atoms with Gasteiger partial charge in [-0.2, -0.15) is 13.2 Å². The second-order valence-corrected chi connectivity index (χ2v) is 19.7. The van der Waals surface area contributed by atoms with E-state index in [1.807, 2.05) is 82.1 Å². The number of benzene rings is 2. The monoisotopic (exact) mass is 937 g/mol. The minimum atomic E-state index is -4.50. The number of Topliss-reactive ketones (excluding diaryl/α,β-unsaturated/α-hetero) is 2. The van der Waals surface area contributed by atoms with E-state index in [1.165, 1.54) is 22.9 Å². The Hall–Kier alpha value is -4.76. The highest BCUT2D eigenvalue weighted by Gasteiger charge is 2.39. The zero-order valence-corrected chi connectivity index (χ0v) is 43.3. The van der Waals surface area contributed by atoms with Crippen LogP contribution in [0.25, 0.3) is 16.7 Å². The fourth-order valence-corrected chi connectivity index (χ4v) is 9.41. The van der Waals surface area contributed by atoms with Crippen molar-refractivity contribution in [1.29, 1.82) is 0 Å². The Bertz CT molecular complexity index is 2200. The van der Waals surface area contributed by atoms with Crippen molar-refractivity contribution < 1.29 is 22.8 Å². The number of halogens is 3. The van der Waals surface area contributed by atoms with Gasteiger partial charge in [0.25, 0.3) is 0 Å². The third kappa shape index (κ3) is 16.7. The normalized spacial score (nSPS) is 16.2. The van der Waals surface area contributed by atoms with Gasteiger partial charge in [0.05, 0.1) is 5.57 Å². The molecule has 5 rings (SSSR count). The van der Waals surface area contributed by atoms with Crippen LogP contribution in [0, 0.1) is 24.7 Å². The van der Waals surface area contributed by atoms with Gasteiger partial charge < -0.3 is 9.80 Å². The summed E-state index contributed by atoms with van der Waals surface area (Å²) in [7, 11) is 0. The molecule has 6 nitrogen and oxygen atoms in total. The number of likely N-dealkylation sites (tertiary alicyclic amines) is 1. The first-order valence-corrected chi connectivity index (χ1v) is 25.6. The topological polar surface area (TPSA) is 56.8 Å². The van der Waals surface area contributed by atoms with Gasteiger partial charge in [-0.1, -0.05) is 90.5 Å². The van der Waals surface area contributed by atoms with Gasteiger partial charge in [0.2, 0.25) is 0 Å². The third-order valence-corrected chi connectivity index (χ3v) is 13.8. The highest BCUT2D eigenvalue weighted by molar-refractivity contribution is 5.96. The zero-order chi connectivity index (χ0) is 50.0. The van der Waals surface area contributed by atoms with Gasteiger partial charge in [0.1, 0.15) is 5.78 Å². The Labute approximate surface area is 408 Å². The van der Waals surface area contributed by atoms with Crippen molar-refractivity contribution in [2.45, 2.75) is 146 Å². The van der Waals surface area contributed by atoms with Gasteiger partial charge in [0, 0.05) is 87.0 Å². The summed E-state index contributed by atoms with van der Waals surface area (Å²) in [5, 5.41) is 0. The molecule has 3 aromatic rings. The van der Waals surface area contributed by atoms with Crippen molar-refractivity contribution in [3.8, 4) is 11.1 Å². The number of nitrogens with zero attached hydrogens (tertiary/aromatic N) is 4. The number of aromatic nitrogens is 1. The first kappa shape index (κ1) is 55.8. The lowest BCUT2D eigenvalue weighted by Gasteiger charge is -2.39. The van der Waals surface area contributed by atoms with Crippen LogP contribution in [0.4, 0.5) is 18.9 Å². The Balaban J connectivity index is 0.000000738. The van der Waals surface area contributed by atoms with Crippen LogP contribution in [0.3, 0.4) is 0 Å². The number of allylic oxidation sites excluding steroid dienone is 6. The number of piperazine rings is 1. The van der Waals surface area contributed by atoms with E-state index in [4.69, 9.17) is 0 Å². The molecular formula is C59H83F3N4O2. The molecule has 0 bridgehead atoms. The molecule has 372 valence electrons. The van der Waals surface area contributed by atoms with E-state index in [0.29, 0.717) is 54.3 Å². The molecular weight excluding hydrogens is 854 g/mol. The largest absolute Gasteiger partial charge is 0.418 e. The molecule has 2 aliphatic heterocycles. The number of alkyl halides is 3. The number of pyridine rings is 1. The number of piperidine rings is 1.